The SMILES string of the molecule is COc1ccccc1NC(=O)N1CCN(c2nc3ccccc3nc2C(F)(F)F)CC1. The summed E-state index contributed by atoms with van der Waals surface area (Å²) in [6, 6.07) is 13.1. The average molecular weight is 431 g/mol. The van der Waals surface area contributed by atoms with Crippen LogP contribution in [-0.2, 0) is 6.18 Å². The fraction of sp³-hybridized carbons (Fsp3) is 0.286. The summed E-state index contributed by atoms with van der Waals surface area (Å²) in [6.45, 7) is 0.893. The van der Waals surface area contributed by atoms with E-state index in [4.69, 9.17) is 4.74 Å². The summed E-state index contributed by atoms with van der Waals surface area (Å²) in [4.78, 5) is 23.7. The molecule has 1 N–H and O–H groups in total. The lowest BCUT2D eigenvalue weighted by Crippen LogP contribution is -2.50. The average Bonchev–Trinajstić information content (AvgIpc) is 2.78. The van der Waals surface area contributed by atoms with Crippen molar-refractivity contribution in [1.29, 1.82) is 0 Å². The third kappa shape index (κ3) is 4.32. The summed E-state index contributed by atoms with van der Waals surface area (Å²) < 4.78 is 46.1. The third-order valence-corrected chi connectivity index (χ3v) is 5.04. The molecule has 4 rings (SSSR count). The molecule has 3 aromatic rings. The van der Waals surface area contributed by atoms with Crippen LogP contribution in [0.4, 0.5) is 29.5 Å². The lowest BCUT2D eigenvalue weighted by molar-refractivity contribution is -0.140. The fourth-order valence-electron chi connectivity index (χ4n) is 3.46. The molecule has 1 saturated heterocycles. The van der Waals surface area contributed by atoms with Crippen LogP contribution < -0.4 is 15.0 Å². The topological polar surface area (TPSA) is 70.6 Å². The predicted octanol–water partition coefficient (Wildman–Crippen LogP) is 4.01. The number of para-hydroxylation sites is 4. The highest BCUT2D eigenvalue weighted by molar-refractivity contribution is 5.91. The van der Waals surface area contributed by atoms with Crippen molar-refractivity contribution in [3.8, 4) is 5.75 Å². The second kappa shape index (κ2) is 8.29. The smallest absolute Gasteiger partial charge is 0.437 e. The predicted molar refractivity (Wildman–Crippen MR) is 110 cm³/mol. The number of carbonyl (C=O) groups excluding carboxylic acids is 1. The Kier molecular flexibility index (Phi) is 5.53. The number of methoxy groups -OCH3 is 1. The van der Waals surface area contributed by atoms with Crippen molar-refractivity contribution in [2.24, 2.45) is 0 Å². The van der Waals surface area contributed by atoms with Crippen molar-refractivity contribution in [3.63, 3.8) is 0 Å². The molecule has 162 valence electrons. The second-order valence-corrected chi connectivity index (χ2v) is 6.99. The number of carbonyl (C=O) groups is 1. The lowest BCUT2D eigenvalue weighted by Gasteiger charge is -2.36. The van der Waals surface area contributed by atoms with Gasteiger partial charge in [-0.3, -0.25) is 0 Å². The van der Waals surface area contributed by atoms with Crippen molar-refractivity contribution in [1.82, 2.24) is 14.9 Å². The first-order chi connectivity index (χ1) is 14.9. The number of nitrogens with one attached hydrogen (secondary N) is 1. The molecule has 1 aliphatic heterocycles. The quantitative estimate of drug-likeness (QED) is 0.679. The molecule has 2 amide bonds. The maximum absolute atomic E-state index is 13.6. The van der Waals surface area contributed by atoms with Crippen molar-refractivity contribution < 1.29 is 22.7 Å². The maximum Gasteiger partial charge on any atom is 0.437 e. The molecule has 10 heteroatoms. The highest BCUT2D eigenvalue weighted by atomic mass is 19.4. The molecule has 31 heavy (non-hydrogen) atoms. The van der Waals surface area contributed by atoms with Crippen LogP contribution in [0.1, 0.15) is 5.69 Å². The zero-order chi connectivity index (χ0) is 22.0. The zero-order valence-corrected chi connectivity index (χ0v) is 16.7. The van der Waals surface area contributed by atoms with Gasteiger partial charge in [-0.2, -0.15) is 13.2 Å². The molecule has 1 aromatic heterocycles. The van der Waals surface area contributed by atoms with E-state index in [1.165, 1.54) is 18.1 Å². The van der Waals surface area contributed by atoms with Gasteiger partial charge in [0.2, 0.25) is 0 Å². The van der Waals surface area contributed by atoms with Gasteiger partial charge < -0.3 is 19.9 Å². The van der Waals surface area contributed by atoms with Crippen LogP contribution in [0.25, 0.3) is 11.0 Å². The van der Waals surface area contributed by atoms with E-state index in [9.17, 15) is 18.0 Å². The molecular weight excluding hydrogens is 411 g/mol. The monoisotopic (exact) mass is 431 g/mol. The van der Waals surface area contributed by atoms with Gasteiger partial charge in [0, 0.05) is 26.2 Å². The Morgan fingerprint density at radius 1 is 0.968 bits per heavy atom. The van der Waals surface area contributed by atoms with Crippen LogP contribution in [0.15, 0.2) is 48.5 Å². The van der Waals surface area contributed by atoms with Crippen molar-refractivity contribution >= 4 is 28.6 Å². The van der Waals surface area contributed by atoms with E-state index in [0.717, 1.165) is 0 Å². The summed E-state index contributed by atoms with van der Waals surface area (Å²) in [5.74, 6) is 0.312. The number of amides is 2. The Morgan fingerprint density at radius 2 is 1.58 bits per heavy atom. The highest BCUT2D eigenvalue weighted by Crippen LogP contribution is 2.35. The van der Waals surface area contributed by atoms with Crippen LogP contribution in [0.5, 0.6) is 5.75 Å². The Hall–Kier alpha value is -3.56. The number of anilines is 2. The second-order valence-electron chi connectivity index (χ2n) is 6.99. The van der Waals surface area contributed by atoms with E-state index in [0.29, 0.717) is 17.0 Å². The summed E-state index contributed by atoms with van der Waals surface area (Å²) >= 11 is 0. The molecule has 0 bridgehead atoms. The number of fused-ring (bicyclic) bond motifs is 1. The first-order valence-electron chi connectivity index (χ1n) is 9.64. The van der Waals surface area contributed by atoms with E-state index < -0.39 is 11.9 Å². The Labute approximate surface area is 176 Å². The number of urea groups is 1. The Bertz CT molecular complexity index is 1100. The summed E-state index contributed by atoms with van der Waals surface area (Å²) in [5.41, 5.74) is 0.0885. The molecule has 1 aliphatic rings. The molecular formula is C21H20F3N5O2. The van der Waals surface area contributed by atoms with E-state index in [-0.39, 0.29) is 43.5 Å². The number of rotatable bonds is 3. The van der Waals surface area contributed by atoms with E-state index in [2.05, 4.69) is 15.3 Å². The van der Waals surface area contributed by atoms with Gasteiger partial charge >= 0.3 is 12.2 Å². The van der Waals surface area contributed by atoms with Crippen LogP contribution in [0, 0.1) is 0 Å². The first kappa shape index (κ1) is 20.7. The molecule has 2 aromatic carbocycles. The number of hydrogen-bond donors (Lipinski definition) is 1. The fourth-order valence-corrected chi connectivity index (χ4v) is 3.46. The minimum absolute atomic E-state index is 0.188. The van der Waals surface area contributed by atoms with Crippen molar-refractivity contribution in [2.45, 2.75) is 6.18 Å². The first-order valence-corrected chi connectivity index (χ1v) is 9.64. The molecule has 0 radical (unpaired) electrons. The van der Waals surface area contributed by atoms with E-state index in [1.54, 1.807) is 47.4 Å². The minimum atomic E-state index is -4.63. The molecule has 0 atom stereocenters. The molecule has 7 nitrogen and oxygen atoms in total. The summed E-state index contributed by atoms with van der Waals surface area (Å²) in [7, 11) is 1.51. The van der Waals surface area contributed by atoms with Crippen molar-refractivity contribution in [2.75, 3.05) is 43.5 Å². The van der Waals surface area contributed by atoms with Gasteiger partial charge in [-0.05, 0) is 24.3 Å². The Morgan fingerprint density at radius 3 is 2.23 bits per heavy atom. The Balaban J connectivity index is 1.51. The minimum Gasteiger partial charge on any atom is -0.495 e. The summed E-state index contributed by atoms with van der Waals surface area (Å²) in [5, 5.41) is 2.78. The molecule has 0 spiro atoms. The van der Waals surface area contributed by atoms with E-state index >= 15 is 0 Å². The standard InChI is InChI=1S/C21H20F3N5O2/c1-31-17-9-5-4-8-16(17)27-20(30)29-12-10-28(11-13-29)19-18(21(22,23)24)25-14-6-2-3-7-15(14)26-19/h2-9H,10-13H2,1H3,(H,27,30). The number of alkyl halides is 3. The lowest BCUT2D eigenvalue weighted by atomic mass is 10.2. The van der Waals surface area contributed by atoms with Gasteiger partial charge in [-0.1, -0.05) is 24.3 Å². The highest BCUT2D eigenvalue weighted by Gasteiger charge is 2.39. The molecule has 0 saturated carbocycles. The molecule has 0 unspecified atom stereocenters. The molecule has 1 fully saturated rings. The third-order valence-electron chi connectivity index (χ3n) is 5.04. The van der Waals surface area contributed by atoms with Gasteiger partial charge in [0.1, 0.15) is 5.75 Å². The number of benzene rings is 2. The summed E-state index contributed by atoms with van der Waals surface area (Å²) in [6.07, 6.45) is -4.63. The van der Waals surface area contributed by atoms with Crippen LogP contribution in [-0.4, -0.2) is 54.2 Å². The zero-order valence-electron chi connectivity index (χ0n) is 16.7. The van der Waals surface area contributed by atoms with Crippen LogP contribution in [0.3, 0.4) is 0 Å². The van der Waals surface area contributed by atoms with Crippen molar-refractivity contribution in [3.05, 3.63) is 54.2 Å². The van der Waals surface area contributed by atoms with Gasteiger partial charge in [0.25, 0.3) is 0 Å². The number of hydrogen-bond acceptors (Lipinski definition) is 5. The van der Waals surface area contributed by atoms with Gasteiger partial charge in [0.05, 0.1) is 23.8 Å². The van der Waals surface area contributed by atoms with Gasteiger partial charge in [-0.25, -0.2) is 14.8 Å². The number of halogens is 3. The molecule has 2 heterocycles. The maximum atomic E-state index is 13.6. The number of nitrogens with zero attached hydrogens (tertiary/aromatic N) is 4. The van der Waals surface area contributed by atoms with Gasteiger partial charge in [-0.15, -0.1) is 0 Å². The van der Waals surface area contributed by atoms with E-state index in [1.807, 2.05) is 0 Å². The van der Waals surface area contributed by atoms with Gasteiger partial charge in [0.15, 0.2) is 11.5 Å². The number of piperazine rings is 1. The van der Waals surface area contributed by atoms with Crippen LogP contribution >= 0.6 is 0 Å². The van der Waals surface area contributed by atoms with Crippen LogP contribution in [0.2, 0.25) is 0 Å². The number of aromatic nitrogens is 2. The molecule has 0 aliphatic carbocycles. The number of ether oxygens (including phenoxy) is 1. The normalized spacial score (nSPS) is 14.6. The largest absolute Gasteiger partial charge is 0.495 e.